The van der Waals surface area contributed by atoms with E-state index in [0.29, 0.717) is 11.1 Å². The molecule has 0 aromatic heterocycles. The molecule has 2 nitrogen and oxygen atoms in total. The van der Waals surface area contributed by atoms with E-state index in [4.69, 9.17) is 10.5 Å². The predicted molar refractivity (Wildman–Crippen MR) is 59.2 cm³/mol. The molecule has 0 heterocycles. The highest BCUT2D eigenvalue weighted by Crippen LogP contribution is 2.21. The van der Waals surface area contributed by atoms with Gasteiger partial charge in [-0.1, -0.05) is 6.07 Å². The Labute approximate surface area is 103 Å². The number of hydrogen-bond donors (Lipinski definition) is 1. The van der Waals surface area contributed by atoms with Crippen LogP contribution in [0.3, 0.4) is 0 Å². The Morgan fingerprint density at radius 3 is 2.56 bits per heavy atom. The molecule has 0 radical (unpaired) electrons. The zero-order valence-electron chi connectivity index (χ0n) is 9.77. The van der Waals surface area contributed by atoms with Gasteiger partial charge in [0, 0.05) is 25.1 Å². The number of halogens is 4. The summed E-state index contributed by atoms with van der Waals surface area (Å²) in [5, 5.41) is 0. The van der Waals surface area contributed by atoms with Gasteiger partial charge in [-0.05, 0) is 24.1 Å². The second kappa shape index (κ2) is 6.70. The summed E-state index contributed by atoms with van der Waals surface area (Å²) in [5.74, 6) is -0.390. The smallest absolute Gasteiger partial charge is 0.377 e. The SMILES string of the molecule is NCc1cc(COCCCC(F)(F)F)ccc1F. The number of benzene rings is 1. The van der Waals surface area contributed by atoms with E-state index in [0.717, 1.165) is 0 Å². The fourth-order valence-corrected chi connectivity index (χ4v) is 1.44. The molecule has 0 aliphatic carbocycles. The van der Waals surface area contributed by atoms with Gasteiger partial charge in [0.15, 0.2) is 0 Å². The van der Waals surface area contributed by atoms with Crippen LogP contribution in [0.5, 0.6) is 0 Å². The number of rotatable bonds is 6. The number of nitrogens with two attached hydrogens (primary N) is 1. The largest absolute Gasteiger partial charge is 0.389 e. The summed E-state index contributed by atoms with van der Waals surface area (Å²) in [4.78, 5) is 0. The van der Waals surface area contributed by atoms with Crippen molar-refractivity contribution in [3.05, 3.63) is 35.1 Å². The quantitative estimate of drug-likeness (QED) is 0.633. The zero-order valence-corrected chi connectivity index (χ0v) is 9.77. The van der Waals surface area contributed by atoms with Crippen molar-refractivity contribution < 1.29 is 22.3 Å². The zero-order chi connectivity index (χ0) is 13.6. The maximum absolute atomic E-state index is 13.1. The molecule has 102 valence electrons. The minimum Gasteiger partial charge on any atom is -0.377 e. The molecule has 18 heavy (non-hydrogen) atoms. The molecule has 0 unspecified atom stereocenters. The normalized spacial score (nSPS) is 11.8. The molecule has 1 aromatic rings. The Morgan fingerprint density at radius 2 is 1.94 bits per heavy atom. The van der Waals surface area contributed by atoms with Crippen LogP contribution in [0.25, 0.3) is 0 Å². The summed E-state index contributed by atoms with van der Waals surface area (Å²) < 4.78 is 53.7. The van der Waals surface area contributed by atoms with Crippen LogP contribution < -0.4 is 5.73 Å². The van der Waals surface area contributed by atoms with E-state index in [9.17, 15) is 17.6 Å². The third-order valence-corrected chi connectivity index (χ3v) is 2.35. The summed E-state index contributed by atoms with van der Waals surface area (Å²) in [6.07, 6.45) is -5.08. The third kappa shape index (κ3) is 5.46. The summed E-state index contributed by atoms with van der Waals surface area (Å²) in [6.45, 7) is 0.258. The second-order valence-electron chi connectivity index (χ2n) is 3.90. The van der Waals surface area contributed by atoms with Crippen LogP contribution in [0.1, 0.15) is 24.0 Å². The molecule has 0 spiro atoms. The minimum absolute atomic E-state index is 0.0227. The Morgan fingerprint density at radius 1 is 1.22 bits per heavy atom. The molecule has 0 aliphatic heterocycles. The van der Waals surface area contributed by atoms with Crippen LogP contribution in [0, 0.1) is 5.82 Å². The molecule has 0 atom stereocenters. The van der Waals surface area contributed by atoms with Gasteiger partial charge in [-0.3, -0.25) is 0 Å². The summed E-state index contributed by atoms with van der Waals surface area (Å²) >= 11 is 0. The van der Waals surface area contributed by atoms with Crippen molar-refractivity contribution in [3.8, 4) is 0 Å². The van der Waals surface area contributed by atoms with Crippen LogP contribution in [0.2, 0.25) is 0 Å². The van der Waals surface area contributed by atoms with Crippen LogP contribution in [-0.2, 0) is 17.9 Å². The highest BCUT2D eigenvalue weighted by Gasteiger charge is 2.25. The maximum atomic E-state index is 13.1. The van der Waals surface area contributed by atoms with Crippen molar-refractivity contribution in [1.29, 1.82) is 0 Å². The molecule has 0 amide bonds. The topological polar surface area (TPSA) is 35.2 Å². The summed E-state index contributed by atoms with van der Waals surface area (Å²) in [5.41, 5.74) is 6.40. The van der Waals surface area contributed by atoms with Gasteiger partial charge in [0.1, 0.15) is 5.82 Å². The fourth-order valence-electron chi connectivity index (χ4n) is 1.44. The van der Waals surface area contributed by atoms with E-state index in [-0.39, 0.29) is 26.2 Å². The van der Waals surface area contributed by atoms with E-state index in [2.05, 4.69) is 0 Å². The van der Waals surface area contributed by atoms with Crippen LogP contribution in [0.15, 0.2) is 18.2 Å². The van der Waals surface area contributed by atoms with Crippen LogP contribution in [-0.4, -0.2) is 12.8 Å². The second-order valence-corrected chi connectivity index (χ2v) is 3.90. The van der Waals surface area contributed by atoms with Gasteiger partial charge >= 0.3 is 6.18 Å². The molecule has 6 heteroatoms. The Hall–Kier alpha value is -1.14. The highest BCUT2D eigenvalue weighted by molar-refractivity contribution is 5.24. The van der Waals surface area contributed by atoms with Crippen molar-refractivity contribution >= 4 is 0 Å². The Bertz CT molecular complexity index is 379. The molecule has 0 saturated carbocycles. The van der Waals surface area contributed by atoms with Gasteiger partial charge in [0.2, 0.25) is 0 Å². The van der Waals surface area contributed by atoms with Crippen LogP contribution >= 0.6 is 0 Å². The Kier molecular flexibility index (Phi) is 5.55. The average molecular weight is 265 g/mol. The van der Waals surface area contributed by atoms with Crippen LogP contribution in [0.4, 0.5) is 17.6 Å². The van der Waals surface area contributed by atoms with Crippen molar-refractivity contribution in [2.45, 2.75) is 32.2 Å². The Balaban J connectivity index is 2.31. The van der Waals surface area contributed by atoms with E-state index in [1.165, 1.54) is 12.1 Å². The first kappa shape index (κ1) is 14.9. The minimum atomic E-state index is -4.15. The molecule has 2 N–H and O–H groups in total. The van der Waals surface area contributed by atoms with Gasteiger partial charge in [-0.15, -0.1) is 0 Å². The van der Waals surface area contributed by atoms with Crippen molar-refractivity contribution in [1.82, 2.24) is 0 Å². The summed E-state index contributed by atoms with van der Waals surface area (Å²) in [6, 6.07) is 4.36. The standard InChI is InChI=1S/C12H15F4NO/c13-11-3-2-9(6-10(11)7-17)8-18-5-1-4-12(14,15)16/h2-3,6H,1,4-5,7-8,17H2. The molecular weight excluding hydrogens is 250 g/mol. The molecule has 1 rings (SSSR count). The van der Waals surface area contributed by atoms with Crippen molar-refractivity contribution in [2.24, 2.45) is 5.73 Å². The fraction of sp³-hybridized carbons (Fsp3) is 0.500. The monoisotopic (exact) mass is 265 g/mol. The number of hydrogen-bond acceptors (Lipinski definition) is 2. The third-order valence-electron chi connectivity index (χ3n) is 2.35. The predicted octanol–water partition coefficient (Wildman–Crippen LogP) is 3.14. The molecule has 0 fully saturated rings. The average Bonchev–Trinajstić information content (AvgIpc) is 2.29. The van der Waals surface area contributed by atoms with Gasteiger partial charge in [-0.2, -0.15) is 13.2 Å². The molecule has 0 bridgehead atoms. The molecule has 0 aliphatic rings. The lowest BCUT2D eigenvalue weighted by Crippen LogP contribution is -2.09. The van der Waals surface area contributed by atoms with Crippen molar-refractivity contribution in [2.75, 3.05) is 6.61 Å². The first-order valence-electron chi connectivity index (χ1n) is 5.54. The lowest BCUT2D eigenvalue weighted by atomic mass is 10.1. The summed E-state index contributed by atoms with van der Waals surface area (Å²) in [7, 11) is 0. The maximum Gasteiger partial charge on any atom is 0.389 e. The van der Waals surface area contributed by atoms with E-state index < -0.39 is 18.4 Å². The van der Waals surface area contributed by atoms with E-state index in [1.54, 1.807) is 6.07 Å². The van der Waals surface area contributed by atoms with Gasteiger partial charge in [-0.25, -0.2) is 4.39 Å². The van der Waals surface area contributed by atoms with E-state index >= 15 is 0 Å². The lowest BCUT2D eigenvalue weighted by molar-refractivity contribution is -0.138. The van der Waals surface area contributed by atoms with Crippen molar-refractivity contribution in [3.63, 3.8) is 0 Å². The first-order chi connectivity index (χ1) is 8.42. The van der Waals surface area contributed by atoms with E-state index in [1.807, 2.05) is 0 Å². The number of alkyl halides is 3. The number of ether oxygens (including phenoxy) is 1. The molecule has 0 saturated heterocycles. The first-order valence-corrected chi connectivity index (χ1v) is 5.54. The van der Waals surface area contributed by atoms with Gasteiger partial charge < -0.3 is 10.5 Å². The van der Waals surface area contributed by atoms with Gasteiger partial charge in [0.25, 0.3) is 0 Å². The van der Waals surface area contributed by atoms with Gasteiger partial charge in [0.05, 0.1) is 6.61 Å². The molecular formula is C12H15F4NO. The molecule has 1 aromatic carbocycles. The highest BCUT2D eigenvalue weighted by atomic mass is 19.4. The lowest BCUT2D eigenvalue weighted by Gasteiger charge is -2.08.